The van der Waals surface area contributed by atoms with Crippen LogP contribution in [0.25, 0.3) is 10.9 Å². The van der Waals surface area contributed by atoms with E-state index >= 15 is 0 Å². The summed E-state index contributed by atoms with van der Waals surface area (Å²) in [5.74, 6) is -0.870. The van der Waals surface area contributed by atoms with E-state index in [0.717, 1.165) is 0 Å². The fraction of sp³-hybridized carbons (Fsp3) is 0.375. The van der Waals surface area contributed by atoms with Crippen molar-refractivity contribution in [2.24, 2.45) is 0 Å². The zero-order valence-electron chi connectivity index (χ0n) is 13.1. The van der Waals surface area contributed by atoms with Gasteiger partial charge in [0.15, 0.2) is 0 Å². The second kappa shape index (κ2) is 7.75. The smallest absolute Gasteiger partial charge is 0.267 e. The van der Waals surface area contributed by atoms with E-state index in [2.05, 4.69) is 5.32 Å². The first-order valence-corrected chi connectivity index (χ1v) is 7.67. The minimum absolute atomic E-state index is 0.0701. The van der Waals surface area contributed by atoms with Crippen LogP contribution in [0.15, 0.2) is 29.1 Å². The number of nitrogens with one attached hydrogen (secondary N) is 1. The summed E-state index contributed by atoms with van der Waals surface area (Å²) in [5.41, 5.74) is -0.126. The summed E-state index contributed by atoms with van der Waals surface area (Å²) < 4.78 is 1.47. The zero-order chi connectivity index (χ0) is 16.8. The minimum Gasteiger partial charge on any atom is -0.506 e. The van der Waals surface area contributed by atoms with Gasteiger partial charge in [-0.05, 0) is 19.1 Å². The molecular formula is C16H22N3O4+. The van der Waals surface area contributed by atoms with Crippen molar-refractivity contribution < 1.29 is 20.3 Å². The quantitative estimate of drug-likeness (QED) is 0.491. The van der Waals surface area contributed by atoms with Gasteiger partial charge in [-0.15, -0.1) is 0 Å². The molecule has 2 aromatic rings. The number of aryl methyl sites for hydroxylation is 1. The second-order valence-electron chi connectivity index (χ2n) is 5.14. The first-order valence-electron chi connectivity index (χ1n) is 7.67. The number of aromatic nitrogens is 1. The largest absolute Gasteiger partial charge is 0.506 e. The standard InChI is InChI=1S/C16H21N3O4/c1-2-19-12-6-4-3-5-11(12)14(21)13(16(19)23)15(22)18-8-7-17-9-10-20/h3-6,17,20-21H,2,7-10H2,1H3,(H,18,22)/p+1. The molecular weight excluding hydrogens is 298 g/mol. The van der Waals surface area contributed by atoms with E-state index in [9.17, 15) is 14.7 Å². The maximum Gasteiger partial charge on any atom is 0.267 e. The molecule has 1 amide bonds. The Labute approximate surface area is 133 Å². The molecule has 5 N–H and O–H groups in total. The van der Waals surface area contributed by atoms with Crippen LogP contribution in [0, 0.1) is 0 Å². The summed E-state index contributed by atoms with van der Waals surface area (Å²) in [6, 6.07) is 6.95. The van der Waals surface area contributed by atoms with Crippen LogP contribution >= 0.6 is 0 Å². The number of fused-ring (bicyclic) bond motifs is 1. The van der Waals surface area contributed by atoms with Gasteiger partial charge in [0, 0.05) is 11.9 Å². The average Bonchev–Trinajstić information content (AvgIpc) is 2.55. The number of carbonyl (C=O) groups excluding carboxylic acids is 1. The molecule has 1 aromatic heterocycles. The molecule has 0 fully saturated rings. The average molecular weight is 320 g/mol. The van der Waals surface area contributed by atoms with Crippen molar-refractivity contribution in [2.45, 2.75) is 13.5 Å². The molecule has 0 aliphatic heterocycles. The molecule has 0 saturated carbocycles. The number of aromatic hydroxyl groups is 1. The van der Waals surface area contributed by atoms with E-state index in [1.165, 1.54) is 4.57 Å². The number of nitrogens with zero attached hydrogens (tertiary/aromatic N) is 1. The highest BCUT2D eigenvalue weighted by molar-refractivity contribution is 6.02. The summed E-state index contributed by atoms with van der Waals surface area (Å²) >= 11 is 0. The molecule has 7 heteroatoms. The van der Waals surface area contributed by atoms with E-state index < -0.39 is 11.5 Å². The Morgan fingerprint density at radius 2 is 2.04 bits per heavy atom. The van der Waals surface area contributed by atoms with E-state index in [4.69, 9.17) is 5.11 Å². The maximum absolute atomic E-state index is 12.5. The molecule has 0 atom stereocenters. The Morgan fingerprint density at radius 3 is 2.74 bits per heavy atom. The molecule has 0 radical (unpaired) electrons. The molecule has 1 aromatic carbocycles. The Morgan fingerprint density at radius 1 is 1.30 bits per heavy atom. The van der Waals surface area contributed by atoms with Crippen LogP contribution in [0.5, 0.6) is 5.75 Å². The van der Waals surface area contributed by atoms with Gasteiger partial charge in [-0.2, -0.15) is 0 Å². The third kappa shape index (κ3) is 3.52. The third-order valence-corrected chi connectivity index (χ3v) is 3.66. The Balaban J connectivity index is 2.33. The fourth-order valence-corrected chi connectivity index (χ4v) is 2.52. The van der Waals surface area contributed by atoms with E-state index in [1.807, 2.05) is 12.2 Å². The summed E-state index contributed by atoms with van der Waals surface area (Å²) in [5, 5.41) is 24.0. The number of benzene rings is 1. The van der Waals surface area contributed by atoms with E-state index in [-0.39, 0.29) is 17.9 Å². The Kier molecular flexibility index (Phi) is 5.72. The highest BCUT2D eigenvalue weighted by Crippen LogP contribution is 2.25. The normalized spacial score (nSPS) is 10.9. The Bertz CT molecular complexity index is 755. The van der Waals surface area contributed by atoms with Crippen LogP contribution in [0.1, 0.15) is 17.3 Å². The van der Waals surface area contributed by atoms with E-state index in [1.54, 1.807) is 24.3 Å². The number of para-hydroxylation sites is 1. The number of carbonyl (C=O) groups is 1. The summed E-state index contributed by atoms with van der Waals surface area (Å²) in [6.07, 6.45) is 0. The van der Waals surface area contributed by atoms with Crippen LogP contribution in [0.3, 0.4) is 0 Å². The first kappa shape index (κ1) is 17.0. The lowest BCUT2D eigenvalue weighted by molar-refractivity contribution is -0.654. The summed E-state index contributed by atoms with van der Waals surface area (Å²) in [7, 11) is 0. The molecule has 1 heterocycles. The number of aliphatic hydroxyl groups is 1. The molecule has 124 valence electrons. The number of aliphatic hydroxyl groups excluding tert-OH is 1. The SMILES string of the molecule is CCn1c(=O)c(C(=O)NCC[NH2+]CCO)c(O)c2ccccc21. The van der Waals surface area contributed by atoms with Gasteiger partial charge in [0.25, 0.3) is 11.5 Å². The van der Waals surface area contributed by atoms with Gasteiger partial charge in [0.05, 0.1) is 31.8 Å². The molecule has 0 aliphatic rings. The number of nitrogens with two attached hydrogens (primary N) is 1. The fourth-order valence-electron chi connectivity index (χ4n) is 2.52. The van der Waals surface area contributed by atoms with Crippen LogP contribution in [-0.2, 0) is 6.54 Å². The molecule has 0 unspecified atom stereocenters. The van der Waals surface area contributed by atoms with Crippen LogP contribution < -0.4 is 16.2 Å². The first-order chi connectivity index (χ1) is 11.1. The highest BCUT2D eigenvalue weighted by atomic mass is 16.3. The summed E-state index contributed by atoms with van der Waals surface area (Å²) in [4.78, 5) is 24.8. The van der Waals surface area contributed by atoms with Crippen LogP contribution in [-0.4, -0.2) is 46.9 Å². The number of hydrogen-bond donors (Lipinski definition) is 4. The predicted molar refractivity (Wildman–Crippen MR) is 86.6 cm³/mol. The number of pyridine rings is 1. The van der Waals surface area contributed by atoms with Gasteiger partial charge in [-0.1, -0.05) is 12.1 Å². The van der Waals surface area contributed by atoms with Crippen molar-refractivity contribution in [3.63, 3.8) is 0 Å². The number of amides is 1. The number of hydrogen-bond acceptors (Lipinski definition) is 4. The molecule has 23 heavy (non-hydrogen) atoms. The van der Waals surface area contributed by atoms with Crippen LogP contribution in [0.2, 0.25) is 0 Å². The van der Waals surface area contributed by atoms with Crippen molar-refractivity contribution in [1.82, 2.24) is 9.88 Å². The van der Waals surface area contributed by atoms with Crippen molar-refractivity contribution >= 4 is 16.8 Å². The Hall–Kier alpha value is -2.38. The molecule has 0 spiro atoms. The lowest BCUT2D eigenvalue weighted by atomic mass is 10.1. The maximum atomic E-state index is 12.5. The number of rotatable bonds is 7. The number of quaternary nitrogens is 1. The van der Waals surface area contributed by atoms with Crippen molar-refractivity contribution in [3.8, 4) is 5.75 Å². The van der Waals surface area contributed by atoms with E-state index in [0.29, 0.717) is 37.1 Å². The second-order valence-corrected chi connectivity index (χ2v) is 5.14. The van der Waals surface area contributed by atoms with Crippen LogP contribution in [0.4, 0.5) is 0 Å². The molecule has 7 nitrogen and oxygen atoms in total. The van der Waals surface area contributed by atoms with Gasteiger partial charge < -0.3 is 25.4 Å². The molecule has 0 aliphatic carbocycles. The molecule has 2 rings (SSSR count). The van der Waals surface area contributed by atoms with Crippen molar-refractivity contribution in [3.05, 3.63) is 40.2 Å². The van der Waals surface area contributed by atoms with Gasteiger partial charge in [-0.25, -0.2) is 0 Å². The lowest BCUT2D eigenvalue weighted by Gasteiger charge is -2.13. The molecule has 0 saturated heterocycles. The lowest BCUT2D eigenvalue weighted by Crippen LogP contribution is -2.86. The monoisotopic (exact) mass is 320 g/mol. The van der Waals surface area contributed by atoms with Crippen molar-refractivity contribution in [2.75, 3.05) is 26.2 Å². The minimum atomic E-state index is -0.585. The van der Waals surface area contributed by atoms with Gasteiger partial charge in [0.1, 0.15) is 11.3 Å². The zero-order valence-corrected chi connectivity index (χ0v) is 13.1. The third-order valence-electron chi connectivity index (χ3n) is 3.66. The highest BCUT2D eigenvalue weighted by Gasteiger charge is 2.21. The van der Waals surface area contributed by atoms with Gasteiger partial charge in [-0.3, -0.25) is 9.59 Å². The van der Waals surface area contributed by atoms with Crippen molar-refractivity contribution in [1.29, 1.82) is 0 Å². The topological polar surface area (TPSA) is 108 Å². The summed E-state index contributed by atoms with van der Waals surface area (Å²) in [6.45, 7) is 3.78. The van der Waals surface area contributed by atoms with Gasteiger partial charge in [0.2, 0.25) is 0 Å². The van der Waals surface area contributed by atoms with Gasteiger partial charge >= 0.3 is 0 Å². The molecule has 0 bridgehead atoms. The predicted octanol–water partition coefficient (Wildman–Crippen LogP) is -0.987.